The molecule has 1 fully saturated rings. The first-order valence-electron chi connectivity index (χ1n) is 8.23. The average molecular weight is 341 g/mol. The molecule has 0 aliphatic heterocycles. The van der Waals surface area contributed by atoms with Crippen LogP contribution in [-0.2, 0) is 5.54 Å². The van der Waals surface area contributed by atoms with E-state index in [9.17, 15) is 4.79 Å². The second kappa shape index (κ2) is 6.37. The van der Waals surface area contributed by atoms with Crippen molar-refractivity contribution in [2.24, 2.45) is 0 Å². The van der Waals surface area contributed by atoms with Gasteiger partial charge >= 0.3 is 0 Å². The molecular formula is C20H15N5O. The highest BCUT2D eigenvalue weighted by Gasteiger charge is 2.45. The van der Waals surface area contributed by atoms with E-state index in [0.717, 1.165) is 18.4 Å². The Bertz CT molecular complexity index is 989. The molecule has 0 radical (unpaired) electrons. The van der Waals surface area contributed by atoms with Crippen LogP contribution in [-0.4, -0.2) is 20.7 Å². The lowest BCUT2D eigenvalue weighted by atomic mass is 10.1. The van der Waals surface area contributed by atoms with Crippen molar-refractivity contribution in [1.29, 1.82) is 0 Å². The molecule has 26 heavy (non-hydrogen) atoms. The van der Waals surface area contributed by atoms with Crippen molar-refractivity contribution in [2.45, 2.75) is 18.4 Å². The topological polar surface area (TPSA) is 72.1 Å². The van der Waals surface area contributed by atoms with Crippen LogP contribution in [0.5, 0.6) is 0 Å². The Balaban J connectivity index is 1.52. The summed E-state index contributed by atoms with van der Waals surface area (Å²) < 4.78 is 0. The van der Waals surface area contributed by atoms with Crippen LogP contribution in [0.2, 0.25) is 0 Å². The number of hydrogen-bond donors (Lipinski definition) is 1. The fourth-order valence-corrected chi connectivity index (χ4v) is 2.86. The van der Waals surface area contributed by atoms with Gasteiger partial charge < -0.3 is 5.32 Å². The highest BCUT2D eigenvalue weighted by Crippen LogP contribution is 2.47. The molecule has 3 aromatic rings. The van der Waals surface area contributed by atoms with Crippen LogP contribution in [0.4, 0.5) is 11.6 Å². The third-order valence-corrected chi connectivity index (χ3v) is 4.47. The van der Waals surface area contributed by atoms with E-state index in [1.54, 1.807) is 30.5 Å². The Kier molecular flexibility index (Phi) is 3.90. The van der Waals surface area contributed by atoms with Crippen LogP contribution in [0.25, 0.3) is 4.85 Å². The van der Waals surface area contributed by atoms with E-state index in [1.807, 2.05) is 18.3 Å². The molecule has 0 unspecified atom stereocenters. The Morgan fingerprint density at radius 1 is 1.08 bits per heavy atom. The second-order valence-electron chi connectivity index (χ2n) is 6.24. The lowest BCUT2D eigenvalue weighted by molar-refractivity contribution is 0.103. The van der Waals surface area contributed by atoms with Gasteiger partial charge in [0, 0.05) is 30.4 Å². The van der Waals surface area contributed by atoms with Gasteiger partial charge in [0.15, 0.2) is 11.5 Å². The van der Waals surface area contributed by atoms with Gasteiger partial charge in [-0.25, -0.2) is 14.8 Å². The van der Waals surface area contributed by atoms with Crippen LogP contribution in [0, 0.1) is 6.57 Å². The third kappa shape index (κ3) is 3.03. The van der Waals surface area contributed by atoms with E-state index in [1.165, 1.54) is 12.4 Å². The summed E-state index contributed by atoms with van der Waals surface area (Å²) in [5.74, 6) is 0.285. The van der Waals surface area contributed by atoms with Crippen LogP contribution >= 0.6 is 0 Å². The number of nitrogens with one attached hydrogen (secondary N) is 1. The summed E-state index contributed by atoms with van der Waals surface area (Å²) >= 11 is 0. The Morgan fingerprint density at radius 2 is 1.88 bits per heavy atom. The first-order valence-corrected chi connectivity index (χ1v) is 8.23. The molecule has 126 valence electrons. The molecule has 1 aliphatic rings. The minimum absolute atomic E-state index is 0.163. The van der Waals surface area contributed by atoms with Crippen molar-refractivity contribution < 1.29 is 4.79 Å². The van der Waals surface area contributed by atoms with Crippen LogP contribution < -0.4 is 5.32 Å². The number of rotatable bonds is 5. The molecule has 2 aromatic heterocycles. The molecule has 4 rings (SSSR count). The zero-order valence-corrected chi connectivity index (χ0v) is 13.9. The fraction of sp³-hybridized carbons (Fsp3) is 0.150. The maximum absolute atomic E-state index is 12.5. The minimum Gasteiger partial charge on any atom is -0.345 e. The van der Waals surface area contributed by atoms with Crippen molar-refractivity contribution in [3.8, 4) is 0 Å². The van der Waals surface area contributed by atoms with Gasteiger partial charge in [0.1, 0.15) is 0 Å². The van der Waals surface area contributed by atoms with Gasteiger partial charge in [0.05, 0.1) is 17.7 Å². The first kappa shape index (κ1) is 15.9. The quantitative estimate of drug-likeness (QED) is 0.565. The van der Waals surface area contributed by atoms with E-state index in [4.69, 9.17) is 6.57 Å². The lowest BCUT2D eigenvalue weighted by Gasteiger charge is -2.17. The Labute approximate surface area is 150 Å². The zero-order valence-electron chi connectivity index (χ0n) is 13.9. The number of aromatic nitrogens is 3. The largest absolute Gasteiger partial charge is 0.345 e. The summed E-state index contributed by atoms with van der Waals surface area (Å²) in [5.41, 5.74) is 2.23. The average Bonchev–Trinajstić information content (AvgIpc) is 3.49. The van der Waals surface area contributed by atoms with Crippen LogP contribution in [0.15, 0.2) is 61.2 Å². The highest BCUT2D eigenvalue weighted by molar-refractivity contribution is 6.09. The van der Waals surface area contributed by atoms with Gasteiger partial charge in [-0.2, -0.15) is 0 Å². The van der Waals surface area contributed by atoms with E-state index < -0.39 is 0 Å². The van der Waals surface area contributed by atoms with Gasteiger partial charge in [0.25, 0.3) is 0 Å². The molecule has 0 amide bonds. The van der Waals surface area contributed by atoms with Gasteiger partial charge in [-0.15, -0.1) is 0 Å². The van der Waals surface area contributed by atoms with Gasteiger partial charge in [0.2, 0.25) is 5.95 Å². The van der Waals surface area contributed by atoms with Gasteiger partial charge in [-0.1, -0.05) is 24.3 Å². The molecule has 1 saturated carbocycles. The summed E-state index contributed by atoms with van der Waals surface area (Å²) in [4.78, 5) is 28.6. The molecule has 0 bridgehead atoms. The number of ketones is 1. The van der Waals surface area contributed by atoms with Crippen LogP contribution in [0.1, 0.15) is 34.3 Å². The second-order valence-corrected chi connectivity index (χ2v) is 6.24. The molecule has 6 nitrogen and oxygen atoms in total. The minimum atomic E-state index is -0.199. The van der Waals surface area contributed by atoms with Crippen molar-refractivity contribution in [1.82, 2.24) is 15.0 Å². The summed E-state index contributed by atoms with van der Waals surface area (Å²) in [5, 5.41) is 3.36. The molecule has 1 aromatic carbocycles. The Morgan fingerprint density at radius 3 is 2.54 bits per heavy atom. The van der Waals surface area contributed by atoms with E-state index in [-0.39, 0.29) is 11.3 Å². The van der Waals surface area contributed by atoms with Crippen LogP contribution in [0.3, 0.4) is 0 Å². The molecule has 0 spiro atoms. The SMILES string of the molecule is [C-]#[N+]c1cccc(C(=O)c2cnc(NC3(c4cccnc4)CC3)nc2)c1. The number of carbonyl (C=O) groups is 1. The van der Waals surface area contributed by atoms with Gasteiger partial charge in [-0.05, 0) is 30.5 Å². The summed E-state index contributed by atoms with van der Waals surface area (Å²) in [7, 11) is 0. The molecule has 0 saturated heterocycles. The fourth-order valence-electron chi connectivity index (χ4n) is 2.86. The lowest BCUT2D eigenvalue weighted by Crippen LogP contribution is -2.20. The smallest absolute Gasteiger partial charge is 0.223 e. The van der Waals surface area contributed by atoms with Crippen molar-refractivity contribution >= 4 is 17.4 Å². The maximum atomic E-state index is 12.5. The van der Waals surface area contributed by atoms with Crippen molar-refractivity contribution in [2.75, 3.05) is 5.32 Å². The van der Waals surface area contributed by atoms with Crippen molar-refractivity contribution in [3.63, 3.8) is 0 Å². The first-order chi connectivity index (χ1) is 12.7. The molecular weight excluding hydrogens is 326 g/mol. The monoisotopic (exact) mass is 341 g/mol. The Hall–Kier alpha value is -3.59. The summed E-state index contributed by atoms with van der Waals surface area (Å²) in [6.45, 7) is 7.05. The number of anilines is 1. The van der Waals surface area contributed by atoms with E-state index >= 15 is 0 Å². The van der Waals surface area contributed by atoms with Crippen molar-refractivity contribution in [3.05, 3.63) is 89.3 Å². The number of hydrogen-bond acceptors (Lipinski definition) is 5. The normalized spacial score (nSPS) is 14.3. The highest BCUT2D eigenvalue weighted by atomic mass is 16.1. The number of nitrogens with zero attached hydrogens (tertiary/aromatic N) is 4. The number of carbonyl (C=O) groups excluding carboxylic acids is 1. The molecule has 1 N–H and O–H groups in total. The summed E-state index contributed by atoms with van der Waals surface area (Å²) in [6, 6.07) is 10.6. The predicted octanol–water partition coefficient (Wildman–Crippen LogP) is 3.75. The zero-order chi connectivity index (χ0) is 18.0. The predicted molar refractivity (Wildman–Crippen MR) is 96.9 cm³/mol. The molecule has 1 aliphatic carbocycles. The standard InChI is InChI=1S/C20H15N5O/c1-21-17-6-2-4-14(10-17)18(26)15-11-23-19(24-12-15)25-20(7-8-20)16-5-3-9-22-13-16/h2-6,9-13H,7-8H2,(H,23,24,25). The molecule has 0 atom stereocenters. The third-order valence-electron chi connectivity index (χ3n) is 4.47. The molecule has 2 heterocycles. The summed E-state index contributed by atoms with van der Waals surface area (Å²) in [6.07, 6.45) is 8.61. The number of benzene rings is 1. The van der Waals surface area contributed by atoms with Gasteiger partial charge in [-0.3, -0.25) is 9.78 Å². The van der Waals surface area contributed by atoms with E-state index in [2.05, 4.69) is 25.1 Å². The van der Waals surface area contributed by atoms with E-state index in [0.29, 0.717) is 22.8 Å². The maximum Gasteiger partial charge on any atom is 0.223 e. The number of pyridine rings is 1. The molecule has 6 heteroatoms.